The molecule has 202 valence electrons. The maximum atomic E-state index is 12.5. The molecule has 2 bridgehead atoms. The average molecular weight is 530 g/mol. The number of morpholine rings is 1. The molecule has 2 aliphatic rings. The molecule has 2 aliphatic heterocycles. The second-order valence-corrected chi connectivity index (χ2v) is 9.89. The summed E-state index contributed by atoms with van der Waals surface area (Å²) in [6, 6.07) is 14.4. The average Bonchev–Trinajstić information content (AvgIpc) is 3.51. The van der Waals surface area contributed by atoms with Gasteiger partial charge in [0.25, 0.3) is 0 Å². The Labute approximate surface area is 225 Å². The Kier molecular flexibility index (Phi) is 7.10. The summed E-state index contributed by atoms with van der Waals surface area (Å²) < 4.78 is 7.73. The Hall–Kier alpha value is -4.06. The van der Waals surface area contributed by atoms with Crippen molar-refractivity contribution < 1.29 is 19.7 Å². The number of benzene rings is 2. The van der Waals surface area contributed by atoms with Gasteiger partial charge in [-0.2, -0.15) is 5.10 Å². The van der Waals surface area contributed by atoms with Gasteiger partial charge in [-0.25, -0.2) is 19.4 Å². The number of nitrogens with one attached hydrogen (secondary N) is 2. The standard InChI is InChI=1S/C28H31N7O4/c36-13-11-18-1-5-20(6-2-18)30-28(38)31-21-7-3-19(4-8-21)25-32-26(34-16-22-9-10-23(17-34)39-22)24-15-29-35(12-14-37)27(24)33-25/h1-8,15,22-23,36-37H,9-14,16-17H2,(H2,30,31,38). The van der Waals surface area contributed by atoms with Gasteiger partial charge in [0.05, 0.1) is 36.9 Å². The first-order chi connectivity index (χ1) is 19.1. The van der Waals surface area contributed by atoms with Crippen molar-refractivity contribution in [2.45, 2.75) is 38.0 Å². The van der Waals surface area contributed by atoms with E-state index in [4.69, 9.17) is 19.8 Å². The highest BCUT2D eigenvalue weighted by atomic mass is 16.5. The second kappa shape index (κ2) is 11.0. The number of aliphatic hydroxyl groups is 2. The summed E-state index contributed by atoms with van der Waals surface area (Å²) in [6.07, 6.45) is 4.88. The van der Waals surface area contributed by atoms with Crippen LogP contribution in [0.3, 0.4) is 0 Å². The van der Waals surface area contributed by atoms with Crippen molar-refractivity contribution in [3.8, 4) is 11.4 Å². The van der Waals surface area contributed by atoms with E-state index in [-0.39, 0.29) is 31.5 Å². The van der Waals surface area contributed by atoms with E-state index in [1.54, 1.807) is 23.0 Å². The first kappa shape index (κ1) is 25.2. The van der Waals surface area contributed by atoms with Crippen molar-refractivity contribution in [2.24, 2.45) is 0 Å². The monoisotopic (exact) mass is 529 g/mol. The van der Waals surface area contributed by atoms with Gasteiger partial charge in [-0.05, 0) is 61.2 Å². The number of fused-ring (bicyclic) bond motifs is 3. The first-order valence-corrected chi connectivity index (χ1v) is 13.2. The fourth-order valence-corrected chi connectivity index (χ4v) is 5.24. The van der Waals surface area contributed by atoms with E-state index in [1.807, 2.05) is 36.4 Å². The van der Waals surface area contributed by atoms with Gasteiger partial charge in [0.2, 0.25) is 0 Å². The largest absolute Gasteiger partial charge is 0.396 e. The number of aliphatic hydroxyl groups excluding tert-OH is 2. The fourth-order valence-electron chi connectivity index (χ4n) is 5.24. The van der Waals surface area contributed by atoms with Gasteiger partial charge in [-0.15, -0.1) is 0 Å². The van der Waals surface area contributed by atoms with Gasteiger partial charge in [0.15, 0.2) is 11.5 Å². The lowest BCUT2D eigenvalue weighted by atomic mass is 10.1. The molecule has 6 rings (SSSR count). The van der Waals surface area contributed by atoms with Crippen LogP contribution in [0.2, 0.25) is 0 Å². The van der Waals surface area contributed by atoms with Crippen molar-refractivity contribution in [3.05, 3.63) is 60.3 Å². The van der Waals surface area contributed by atoms with E-state index in [1.165, 1.54) is 0 Å². The van der Waals surface area contributed by atoms with Gasteiger partial charge in [-0.3, -0.25) is 0 Å². The molecule has 2 fully saturated rings. The Morgan fingerprint density at radius 1 is 0.923 bits per heavy atom. The summed E-state index contributed by atoms with van der Waals surface area (Å²) in [4.78, 5) is 24.5. The Bertz CT molecular complexity index is 1440. The van der Waals surface area contributed by atoms with Crippen molar-refractivity contribution in [2.75, 3.05) is 41.8 Å². The SMILES string of the molecule is O=C(Nc1ccc(CCO)cc1)Nc1ccc(-c2nc(N3CC4CCC(C3)O4)c3cnn(CCO)c3n2)cc1. The van der Waals surface area contributed by atoms with Crippen LogP contribution in [-0.2, 0) is 17.7 Å². The number of ether oxygens (including phenoxy) is 1. The zero-order chi connectivity index (χ0) is 26.8. The van der Waals surface area contributed by atoms with Crippen LogP contribution < -0.4 is 15.5 Å². The van der Waals surface area contributed by atoms with Crippen LogP contribution in [0.25, 0.3) is 22.4 Å². The topological polar surface area (TPSA) is 138 Å². The van der Waals surface area contributed by atoms with Gasteiger partial charge in [-0.1, -0.05) is 12.1 Å². The van der Waals surface area contributed by atoms with Crippen molar-refractivity contribution >= 4 is 34.3 Å². The minimum absolute atomic E-state index is 0.0393. The molecular weight excluding hydrogens is 498 g/mol. The molecule has 2 unspecified atom stereocenters. The number of amides is 2. The van der Waals surface area contributed by atoms with Crippen molar-refractivity contribution in [1.29, 1.82) is 0 Å². The van der Waals surface area contributed by atoms with Gasteiger partial charge >= 0.3 is 6.03 Å². The fraction of sp³-hybridized carbons (Fsp3) is 0.357. The van der Waals surface area contributed by atoms with E-state index in [0.717, 1.165) is 48.3 Å². The van der Waals surface area contributed by atoms with Gasteiger partial charge in [0.1, 0.15) is 5.82 Å². The number of nitrogens with zero attached hydrogens (tertiary/aromatic N) is 5. The number of hydrogen-bond donors (Lipinski definition) is 4. The van der Waals surface area contributed by atoms with E-state index >= 15 is 0 Å². The number of hydrogen-bond acceptors (Lipinski definition) is 8. The second-order valence-electron chi connectivity index (χ2n) is 9.89. The molecule has 2 atom stereocenters. The van der Waals surface area contributed by atoms with Gasteiger partial charge < -0.3 is 30.5 Å². The third-order valence-corrected chi connectivity index (χ3v) is 7.14. The third kappa shape index (κ3) is 5.42. The van der Waals surface area contributed by atoms with Crippen LogP contribution in [0.4, 0.5) is 22.0 Å². The summed E-state index contributed by atoms with van der Waals surface area (Å²) in [6.45, 7) is 1.94. The van der Waals surface area contributed by atoms with E-state index in [9.17, 15) is 9.90 Å². The normalized spacial score (nSPS) is 18.5. The van der Waals surface area contributed by atoms with Crippen molar-refractivity contribution in [1.82, 2.24) is 19.7 Å². The van der Waals surface area contributed by atoms with Crippen LogP contribution in [0.1, 0.15) is 18.4 Å². The van der Waals surface area contributed by atoms with Crippen LogP contribution in [-0.4, -0.2) is 74.5 Å². The quantitative estimate of drug-likeness (QED) is 0.273. The maximum Gasteiger partial charge on any atom is 0.323 e. The summed E-state index contributed by atoms with van der Waals surface area (Å²) in [5.41, 5.74) is 3.77. The third-order valence-electron chi connectivity index (χ3n) is 7.14. The molecule has 2 aromatic carbocycles. The zero-order valence-corrected chi connectivity index (χ0v) is 21.5. The minimum atomic E-state index is -0.354. The summed E-state index contributed by atoms with van der Waals surface area (Å²) in [5, 5.41) is 29.5. The Morgan fingerprint density at radius 3 is 2.23 bits per heavy atom. The molecule has 2 aromatic heterocycles. The lowest BCUT2D eigenvalue weighted by molar-refractivity contribution is 0.0303. The first-order valence-electron chi connectivity index (χ1n) is 13.2. The Morgan fingerprint density at radius 2 is 1.59 bits per heavy atom. The molecule has 4 heterocycles. The maximum absolute atomic E-state index is 12.5. The summed E-state index contributed by atoms with van der Waals surface area (Å²) in [5.74, 6) is 1.38. The predicted molar refractivity (Wildman–Crippen MR) is 148 cm³/mol. The molecule has 39 heavy (non-hydrogen) atoms. The highest BCUT2D eigenvalue weighted by molar-refractivity contribution is 5.99. The molecule has 2 amide bonds. The van der Waals surface area contributed by atoms with Crippen molar-refractivity contribution in [3.63, 3.8) is 0 Å². The van der Waals surface area contributed by atoms with Gasteiger partial charge in [0, 0.05) is 36.6 Å². The predicted octanol–water partition coefficient (Wildman–Crippen LogP) is 3.03. The molecule has 11 nitrogen and oxygen atoms in total. The van der Waals surface area contributed by atoms with Crippen LogP contribution in [0.5, 0.6) is 0 Å². The molecule has 0 spiro atoms. The number of carbonyl (C=O) groups is 1. The summed E-state index contributed by atoms with van der Waals surface area (Å²) >= 11 is 0. The molecule has 0 saturated carbocycles. The number of anilines is 3. The number of urea groups is 1. The number of carbonyl (C=O) groups excluding carboxylic acids is 1. The molecule has 11 heteroatoms. The van der Waals surface area contributed by atoms with Crippen LogP contribution >= 0.6 is 0 Å². The smallest absolute Gasteiger partial charge is 0.323 e. The zero-order valence-electron chi connectivity index (χ0n) is 21.5. The lowest BCUT2D eigenvalue weighted by Crippen LogP contribution is -2.43. The van der Waals surface area contributed by atoms with E-state index in [2.05, 4.69) is 20.6 Å². The highest BCUT2D eigenvalue weighted by Crippen LogP contribution is 2.33. The molecule has 4 N–H and O–H groups in total. The number of rotatable bonds is 8. The lowest BCUT2D eigenvalue weighted by Gasteiger charge is -2.33. The van der Waals surface area contributed by atoms with Crippen LogP contribution in [0, 0.1) is 0 Å². The molecule has 0 radical (unpaired) electrons. The number of aromatic nitrogens is 4. The van der Waals surface area contributed by atoms with Crippen LogP contribution in [0.15, 0.2) is 54.7 Å². The molecule has 2 saturated heterocycles. The molecular formula is C28H31N7O4. The molecule has 0 aliphatic carbocycles. The Balaban J connectivity index is 1.22. The van der Waals surface area contributed by atoms with E-state index < -0.39 is 0 Å². The summed E-state index contributed by atoms with van der Waals surface area (Å²) in [7, 11) is 0. The minimum Gasteiger partial charge on any atom is -0.396 e. The van der Waals surface area contributed by atoms with E-state index in [0.29, 0.717) is 35.8 Å². The highest BCUT2D eigenvalue weighted by Gasteiger charge is 2.35. The molecule has 4 aromatic rings.